The predicted molar refractivity (Wildman–Crippen MR) is 62.0 cm³/mol. The molecule has 1 aromatic rings. The van der Waals surface area contributed by atoms with Crippen LogP contribution in [-0.2, 0) is 16.0 Å². The van der Waals surface area contributed by atoms with Gasteiger partial charge in [-0.3, -0.25) is 0 Å². The topological polar surface area (TPSA) is 66.8 Å². The molecule has 4 nitrogen and oxygen atoms in total. The van der Waals surface area contributed by atoms with Crippen molar-refractivity contribution in [2.75, 3.05) is 0 Å². The monoisotopic (exact) mass is 236 g/mol. The zero-order valence-electron chi connectivity index (χ0n) is 9.50. The number of ether oxygens (including phenoxy) is 1. The summed E-state index contributed by atoms with van der Waals surface area (Å²) >= 11 is 0. The Balaban J connectivity index is 1.99. The molecule has 4 heteroatoms. The summed E-state index contributed by atoms with van der Waals surface area (Å²) in [4.78, 5) is 11.1. The van der Waals surface area contributed by atoms with Crippen molar-refractivity contribution in [1.82, 2.24) is 0 Å². The first-order valence-electron chi connectivity index (χ1n) is 5.81. The predicted octanol–water partition coefficient (Wildman–Crippen LogP) is 1.96. The molecule has 0 spiro atoms. The average molecular weight is 236 g/mol. The molecule has 0 bridgehead atoms. The first-order valence-corrected chi connectivity index (χ1v) is 5.81. The minimum atomic E-state index is -0.944. The van der Waals surface area contributed by atoms with Gasteiger partial charge in [0.05, 0.1) is 6.10 Å². The molecule has 2 N–H and O–H groups in total. The van der Waals surface area contributed by atoms with Gasteiger partial charge in [0.15, 0.2) is 6.10 Å². The number of rotatable bonds is 5. The summed E-state index contributed by atoms with van der Waals surface area (Å²) in [6.45, 7) is 0. The lowest BCUT2D eigenvalue weighted by atomic mass is 9.95. The second-order valence-electron chi connectivity index (χ2n) is 4.39. The van der Waals surface area contributed by atoms with Crippen LogP contribution in [0.5, 0.6) is 5.75 Å². The van der Waals surface area contributed by atoms with Crippen molar-refractivity contribution in [2.45, 2.75) is 37.9 Å². The molecule has 1 aromatic carbocycles. The fraction of sp³-hybridized carbons (Fsp3) is 0.462. The minimum Gasteiger partial charge on any atom is -0.508 e. The van der Waals surface area contributed by atoms with E-state index in [9.17, 15) is 9.90 Å². The van der Waals surface area contributed by atoms with Gasteiger partial charge >= 0.3 is 5.97 Å². The summed E-state index contributed by atoms with van der Waals surface area (Å²) in [6.07, 6.45) is 2.58. The quantitative estimate of drug-likeness (QED) is 0.820. The molecule has 1 aliphatic carbocycles. The number of benzene rings is 1. The largest absolute Gasteiger partial charge is 0.508 e. The van der Waals surface area contributed by atoms with E-state index in [0.717, 1.165) is 24.8 Å². The average Bonchev–Trinajstić information content (AvgIpc) is 2.21. The van der Waals surface area contributed by atoms with Crippen LogP contribution in [0.25, 0.3) is 0 Å². The number of hydrogen-bond donors (Lipinski definition) is 2. The summed E-state index contributed by atoms with van der Waals surface area (Å²) in [5.41, 5.74) is 0.775. The van der Waals surface area contributed by atoms with E-state index in [1.165, 1.54) is 0 Å². The highest BCUT2D eigenvalue weighted by Gasteiger charge is 2.27. The normalized spacial score (nSPS) is 17.4. The smallest absolute Gasteiger partial charge is 0.333 e. The van der Waals surface area contributed by atoms with Crippen molar-refractivity contribution in [3.8, 4) is 5.75 Å². The third-order valence-corrected chi connectivity index (χ3v) is 3.02. The molecular weight excluding hydrogens is 220 g/mol. The molecule has 1 atom stereocenters. The van der Waals surface area contributed by atoms with E-state index < -0.39 is 12.1 Å². The van der Waals surface area contributed by atoms with Crippen LogP contribution >= 0.6 is 0 Å². The molecule has 1 aliphatic rings. The summed E-state index contributed by atoms with van der Waals surface area (Å²) < 4.78 is 5.51. The maximum absolute atomic E-state index is 11.1. The Bertz CT molecular complexity index is 398. The van der Waals surface area contributed by atoms with Crippen LogP contribution < -0.4 is 0 Å². The lowest BCUT2D eigenvalue weighted by Gasteiger charge is -2.28. The molecule has 0 heterocycles. The Kier molecular flexibility index (Phi) is 3.64. The molecule has 17 heavy (non-hydrogen) atoms. The standard InChI is InChI=1S/C13H16O4/c14-10-4-1-3-9(7-10)8-12(13(15)16)17-11-5-2-6-11/h1,3-4,7,11-12,14H,2,5-6,8H2,(H,15,16)/t12-/m0/s1. The maximum atomic E-state index is 11.1. The van der Waals surface area contributed by atoms with E-state index >= 15 is 0 Å². The first-order chi connectivity index (χ1) is 8.15. The summed E-state index contributed by atoms with van der Waals surface area (Å²) in [5, 5.41) is 18.4. The molecule has 0 saturated heterocycles. The van der Waals surface area contributed by atoms with Gasteiger partial charge in [0.2, 0.25) is 0 Å². The molecule has 0 unspecified atom stereocenters. The molecule has 92 valence electrons. The molecule has 0 aromatic heterocycles. The lowest BCUT2D eigenvalue weighted by molar-refractivity contribution is -0.157. The summed E-state index contributed by atoms with van der Waals surface area (Å²) in [6, 6.07) is 6.62. The van der Waals surface area contributed by atoms with E-state index in [1.54, 1.807) is 24.3 Å². The van der Waals surface area contributed by atoms with Crippen molar-refractivity contribution in [2.24, 2.45) is 0 Å². The van der Waals surface area contributed by atoms with E-state index in [-0.39, 0.29) is 11.9 Å². The first kappa shape index (κ1) is 11.9. The zero-order chi connectivity index (χ0) is 12.3. The fourth-order valence-corrected chi connectivity index (χ4v) is 1.83. The number of carbonyl (C=O) groups is 1. The molecule has 0 amide bonds. The van der Waals surface area contributed by atoms with Gasteiger partial charge in [0.25, 0.3) is 0 Å². The van der Waals surface area contributed by atoms with Crippen LogP contribution in [0.2, 0.25) is 0 Å². The Hall–Kier alpha value is -1.55. The summed E-state index contributed by atoms with van der Waals surface area (Å²) in [7, 11) is 0. The Morgan fingerprint density at radius 3 is 2.76 bits per heavy atom. The van der Waals surface area contributed by atoms with Gasteiger partial charge in [-0.15, -0.1) is 0 Å². The molecule has 1 fully saturated rings. The third kappa shape index (κ3) is 3.20. The van der Waals surface area contributed by atoms with Crippen LogP contribution in [0, 0.1) is 0 Å². The molecule has 1 saturated carbocycles. The van der Waals surface area contributed by atoms with Crippen LogP contribution in [0.1, 0.15) is 24.8 Å². The number of aliphatic carboxylic acids is 1. The molecule has 2 rings (SSSR count). The number of hydrogen-bond acceptors (Lipinski definition) is 3. The highest BCUT2D eigenvalue weighted by molar-refractivity contribution is 5.72. The van der Waals surface area contributed by atoms with Crippen LogP contribution in [0.15, 0.2) is 24.3 Å². The van der Waals surface area contributed by atoms with Gasteiger partial charge in [0, 0.05) is 6.42 Å². The Morgan fingerprint density at radius 1 is 1.47 bits per heavy atom. The number of aromatic hydroxyl groups is 1. The third-order valence-electron chi connectivity index (χ3n) is 3.02. The van der Waals surface area contributed by atoms with Crippen molar-refractivity contribution in [3.63, 3.8) is 0 Å². The highest BCUT2D eigenvalue weighted by atomic mass is 16.5. The SMILES string of the molecule is O=C(O)[C@H](Cc1cccc(O)c1)OC1CCC1. The van der Waals surface area contributed by atoms with E-state index in [4.69, 9.17) is 9.84 Å². The highest BCUT2D eigenvalue weighted by Crippen LogP contribution is 2.24. The van der Waals surface area contributed by atoms with Gasteiger partial charge in [0.1, 0.15) is 5.75 Å². The second-order valence-corrected chi connectivity index (χ2v) is 4.39. The summed E-state index contributed by atoms with van der Waals surface area (Å²) in [5.74, 6) is -0.796. The Labute approximate surface area is 99.8 Å². The number of carboxylic acid groups (broad SMARTS) is 1. The zero-order valence-corrected chi connectivity index (χ0v) is 9.50. The Morgan fingerprint density at radius 2 is 2.24 bits per heavy atom. The second kappa shape index (κ2) is 5.19. The van der Waals surface area contributed by atoms with Crippen molar-refractivity contribution in [1.29, 1.82) is 0 Å². The fourth-order valence-electron chi connectivity index (χ4n) is 1.83. The number of phenols is 1. The van der Waals surface area contributed by atoms with E-state index in [1.807, 2.05) is 0 Å². The van der Waals surface area contributed by atoms with E-state index in [0.29, 0.717) is 6.42 Å². The van der Waals surface area contributed by atoms with Gasteiger partial charge < -0.3 is 14.9 Å². The van der Waals surface area contributed by atoms with Crippen LogP contribution in [0.3, 0.4) is 0 Å². The van der Waals surface area contributed by atoms with Crippen molar-refractivity contribution in [3.05, 3.63) is 29.8 Å². The molecular formula is C13H16O4. The maximum Gasteiger partial charge on any atom is 0.333 e. The lowest BCUT2D eigenvalue weighted by Crippen LogP contribution is -2.34. The number of carboxylic acids is 1. The van der Waals surface area contributed by atoms with Gasteiger partial charge in [-0.1, -0.05) is 12.1 Å². The molecule has 0 aliphatic heterocycles. The van der Waals surface area contributed by atoms with Crippen LogP contribution in [-0.4, -0.2) is 28.4 Å². The van der Waals surface area contributed by atoms with Gasteiger partial charge in [-0.05, 0) is 37.0 Å². The van der Waals surface area contributed by atoms with Gasteiger partial charge in [-0.25, -0.2) is 4.79 Å². The minimum absolute atomic E-state index is 0.0911. The van der Waals surface area contributed by atoms with Crippen LogP contribution in [0.4, 0.5) is 0 Å². The van der Waals surface area contributed by atoms with E-state index in [2.05, 4.69) is 0 Å². The van der Waals surface area contributed by atoms with Crippen molar-refractivity contribution < 1.29 is 19.7 Å². The number of phenolic OH excluding ortho intramolecular Hbond substituents is 1. The van der Waals surface area contributed by atoms with Crippen molar-refractivity contribution >= 4 is 5.97 Å². The van der Waals surface area contributed by atoms with Gasteiger partial charge in [-0.2, -0.15) is 0 Å². The molecule has 0 radical (unpaired) electrons.